The molecule has 2 aromatic rings. The molecule has 0 radical (unpaired) electrons. The van der Waals surface area contributed by atoms with E-state index < -0.39 is 0 Å². The van der Waals surface area contributed by atoms with Crippen molar-refractivity contribution in [1.82, 2.24) is 19.8 Å². The van der Waals surface area contributed by atoms with Gasteiger partial charge in [-0.1, -0.05) is 6.07 Å². The number of carbonyl (C=O) groups is 1. The highest BCUT2D eigenvalue weighted by Crippen LogP contribution is 2.13. The summed E-state index contributed by atoms with van der Waals surface area (Å²) in [6, 6.07) is 7.84. The normalized spacial score (nSPS) is 16.0. The molecule has 0 spiro atoms. The first kappa shape index (κ1) is 16.6. The number of carbonyl (C=O) groups excluding carboxylic acids is 1. The van der Waals surface area contributed by atoms with E-state index in [0.717, 1.165) is 56.1 Å². The number of hydrogen-bond acceptors (Lipinski definition) is 4. The van der Waals surface area contributed by atoms with Crippen molar-refractivity contribution in [2.75, 3.05) is 26.2 Å². The summed E-state index contributed by atoms with van der Waals surface area (Å²) in [5, 5.41) is 0. The number of pyridine rings is 2. The third-order valence-corrected chi connectivity index (χ3v) is 4.33. The van der Waals surface area contributed by atoms with Crippen LogP contribution in [0.15, 0.2) is 36.7 Å². The standard InChI is InChI=1S/C19H24N4O/c1-15-11-18(12-16(2)21-15)19(24)23-8-4-7-22(9-10-23)14-17-5-3-6-20-13-17/h3,5-6,11-13H,4,7-10,14H2,1-2H3. The minimum Gasteiger partial charge on any atom is -0.337 e. The molecule has 0 saturated carbocycles. The molecule has 0 atom stereocenters. The molecule has 3 heterocycles. The molecule has 5 nitrogen and oxygen atoms in total. The van der Waals surface area contributed by atoms with Gasteiger partial charge in [-0.3, -0.25) is 19.7 Å². The average molecular weight is 324 g/mol. The third kappa shape index (κ3) is 4.17. The molecule has 2 aromatic heterocycles. The first-order valence-electron chi connectivity index (χ1n) is 8.47. The van der Waals surface area contributed by atoms with Gasteiger partial charge in [-0.2, -0.15) is 0 Å². The number of hydrogen-bond donors (Lipinski definition) is 0. The predicted molar refractivity (Wildman–Crippen MR) is 93.7 cm³/mol. The van der Waals surface area contributed by atoms with Crippen LogP contribution in [-0.2, 0) is 6.54 Å². The van der Waals surface area contributed by atoms with Gasteiger partial charge in [0.1, 0.15) is 0 Å². The Labute approximate surface area is 143 Å². The van der Waals surface area contributed by atoms with Gasteiger partial charge in [0.15, 0.2) is 0 Å². The molecular formula is C19H24N4O. The van der Waals surface area contributed by atoms with Gasteiger partial charge in [-0.05, 0) is 44.0 Å². The summed E-state index contributed by atoms with van der Waals surface area (Å²) in [6.45, 7) is 8.23. The molecule has 126 valence electrons. The van der Waals surface area contributed by atoms with Crippen molar-refractivity contribution in [2.24, 2.45) is 0 Å². The molecule has 0 bridgehead atoms. The maximum absolute atomic E-state index is 12.8. The minimum absolute atomic E-state index is 0.117. The fraction of sp³-hybridized carbons (Fsp3) is 0.421. The van der Waals surface area contributed by atoms with Gasteiger partial charge in [-0.15, -0.1) is 0 Å². The quantitative estimate of drug-likeness (QED) is 0.870. The molecule has 5 heteroatoms. The number of amides is 1. The molecule has 1 aliphatic rings. The van der Waals surface area contributed by atoms with Crippen LogP contribution >= 0.6 is 0 Å². The Morgan fingerprint density at radius 1 is 1.12 bits per heavy atom. The topological polar surface area (TPSA) is 49.3 Å². The second-order valence-corrected chi connectivity index (χ2v) is 6.42. The highest BCUT2D eigenvalue weighted by atomic mass is 16.2. The van der Waals surface area contributed by atoms with Gasteiger partial charge < -0.3 is 4.90 Å². The summed E-state index contributed by atoms with van der Waals surface area (Å²) in [4.78, 5) is 25.7. The maximum Gasteiger partial charge on any atom is 0.254 e. The van der Waals surface area contributed by atoms with Crippen LogP contribution in [0.5, 0.6) is 0 Å². The van der Waals surface area contributed by atoms with Crippen LogP contribution in [0.2, 0.25) is 0 Å². The lowest BCUT2D eigenvalue weighted by Gasteiger charge is -2.22. The molecule has 1 fully saturated rings. The summed E-state index contributed by atoms with van der Waals surface area (Å²) in [7, 11) is 0. The van der Waals surface area contributed by atoms with Crippen LogP contribution in [0.1, 0.15) is 33.7 Å². The monoisotopic (exact) mass is 324 g/mol. The molecule has 3 rings (SSSR count). The zero-order valence-corrected chi connectivity index (χ0v) is 14.4. The van der Waals surface area contributed by atoms with Gasteiger partial charge in [-0.25, -0.2) is 0 Å². The van der Waals surface area contributed by atoms with Crippen LogP contribution in [0.3, 0.4) is 0 Å². The maximum atomic E-state index is 12.8. The Hall–Kier alpha value is -2.27. The zero-order valence-electron chi connectivity index (χ0n) is 14.4. The SMILES string of the molecule is Cc1cc(C(=O)N2CCCN(Cc3cccnc3)CC2)cc(C)n1. The van der Waals surface area contributed by atoms with E-state index >= 15 is 0 Å². The van der Waals surface area contributed by atoms with Crippen molar-refractivity contribution in [2.45, 2.75) is 26.8 Å². The lowest BCUT2D eigenvalue weighted by atomic mass is 10.1. The molecule has 0 unspecified atom stereocenters. The van der Waals surface area contributed by atoms with E-state index in [-0.39, 0.29) is 5.91 Å². The largest absolute Gasteiger partial charge is 0.337 e. The van der Waals surface area contributed by atoms with Gasteiger partial charge in [0.2, 0.25) is 0 Å². The highest BCUT2D eigenvalue weighted by molar-refractivity contribution is 5.94. The third-order valence-electron chi connectivity index (χ3n) is 4.33. The Kier molecular flexibility index (Phi) is 5.20. The van der Waals surface area contributed by atoms with E-state index in [2.05, 4.69) is 20.9 Å². The van der Waals surface area contributed by atoms with E-state index in [4.69, 9.17) is 0 Å². The fourth-order valence-electron chi connectivity index (χ4n) is 3.22. The van der Waals surface area contributed by atoms with E-state index in [1.165, 1.54) is 5.56 Å². The zero-order chi connectivity index (χ0) is 16.9. The first-order valence-corrected chi connectivity index (χ1v) is 8.47. The van der Waals surface area contributed by atoms with Crippen LogP contribution in [0.4, 0.5) is 0 Å². The van der Waals surface area contributed by atoms with Gasteiger partial charge in [0.25, 0.3) is 5.91 Å². The molecule has 0 aliphatic carbocycles. The molecule has 1 amide bonds. The fourth-order valence-corrected chi connectivity index (χ4v) is 3.22. The molecular weight excluding hydrogens is 300 g/mol. The van der Waals surface area contributed by atoms with E-state index in [0.29, 0.717) is 0 Å². The van der Waals surface area contributed by atoms with Crippen molar-refractivity contribution < 1.29 is 4.79 Å². The van der Waals surface area contributed by atoms with Crippen molar-refractivity contribution in [1.29, 1.82) is 0 Å². The van der Waals surface area contributed by atoms with E-state index in [1.807, 2.05) is 43.1 Å². The Morgan fingerprint density at radius 3 is 2.62 bits per heavy atom. The minimum atomic E-state index is 0.117. The van der Waals surface area contributed by atoms with Crippen molar-refractivity contribution >= 4 is 5.91 Å². The van der Waals surface area contributed by atoms with Gasteiger partial charge >= 0.3 is 0 Å². The first-order chi connectivity index (χ1) is 11.6. The van der Waals surface area contributed by atoms with Gasteiger partial charge in [0, 0.05) is 62.1 Å². The smallest absolute Gasteiger partial charge is 0.254 e. The van der Waals surface area contributed by atoms with Crippen molar-refractivity contribution in [3.05, 3.63) is 59.2 Å². The van der Waals surface area contributed by atoms with Crippen LogP contribution in [-0.4, -0.2) is 51.9 Å². The Balaban J connectivity index is 1.63. The highest BCUT2D eigenvalue weighted by Gasteiger charge is 2.20. The molecule has 24 heavy (non-hydrogen) atoms. The summed E-state index contributed by atoms with van der Waals surface area (Å²) in [5.41, 5.74) is 3.76. The molecule has 1 aliphatic heterocycles. The number of rotatable bonds is 3. The van der Waals surface area contributed by atoms with Crippen molar-refractivity contribution in [3.8, 4) is 0 Å². The molecule has 0 N–H and O–H groups in total. The van der Waals surface area contributed by atoms with Crippen LogP contribution in [0, 0.1) is 13.8 Å². The van der Waals surface area contributed by atoms with Gasteiger partial charge in [0.05, 0.1) is 0 Å². The second kappa shape index (κ2) is 7.53. The lowest BCUT2D eigenvalue weighted by Crippen LogP contribution is -2.35. The van der Waals surface area contributed by atoms with Crippen LogP contribution < -0.4 is 0 Å². The van der Waals surface area contributed by atoms with E-state index in [1.54, 1.807) is 6.20 Å². The number of aromatic nitrogens is 2. The summed E-state index contributed by atoms with van der Waals surface area (Å²) < 4.78 is 0. The lowest BCUT2D eigenvalue weighted by molar-refractivity contribution is 0.0760. The molecule has 0 aromatic carbocycles. The van der Waals surface area contributed by atoms with E-state index in [9.17, 15) is 4.79 Å². The second-order valence-electron chi connectivity index (χ2n) is 6.42. The average Bonchev–Trinajstić information content (AvgIpc) is 2.80. The summed E-state index contributed by atoms with van der Waals surface area (Å²) >= 11 is 0. The number of aryl methyl sites for hydroxylation is 2. The summed E-state index contributed by atoms with van der Waals surface area (Å²) in [6.07, 6.45) is 4.70. The Bertz CT molecular complexity index is 682. The number of nitrogens with zero attached hydrogens (tertiary/aromatic N) is 4. The Morgan fingerprint density at radius 2 is 1.92 bits per heavy atom. The van der Waals surface area contributed by atoms with Crippen LogP contribution in [0.25, 0.3) is 0 Å². The van der Waals surface area contributed by atoms with Crippen molar-refractivity contribution in [3.63, 3.8) is 0 Å². The summed E-state index contributed by atoms with van der Waals surface area (Å²) in [5.74, 6) is 0.117. The molecule has 1 saturated heterocycles. The predicted octanol–water partition coefficient (Wildman–Crippen LogP) is 2.44.